The number of hydrogen-bond acceptors (Lipinski definition) is 6. The van der Waals surface area contributed by atoms with Crippen molar-refractivity contribution in [3.8, 4) is 11.5 Å². The van der Waals surface area contributed by atoms with Gasteiger partial charge in [0.1, 0.15) is 6.61 Å². The summed E-state index contributed by atoms with van der Waals surface area (Å²) in [5.74, 6) is 1.65. The molecule has 0 bridgehead atoms. The van der Waals surface area contributed by atoms with E-state index in [-0.39, 0.29) is 6.10 Å². The second-order valence-electron chi connectivity index (χ2n) is 7.11. The first-order chi connectivity index (χ1) is 12.8. The van der Waals surface area contributed by atoms with E-state index in [2.05, 4.69) is 15.9 Å². The molecule has 0 aromatic heterocycles. The fourth-order valence-corrected chi connectivity index (χ4v) is 3.65. The van der Waals surface area contributed by atoms with Crippen LogP contribution in [0.3, 0.4) is 0 Å². The second kappa shape index (κ2) is 10.1. The summed E-state index contributed by atoms with van der Waals surface area (Å²) in [4.78, 5) is 4.77. The molecule has 6 heteroatoms. The number of likely N-dealkylation sites (tertiary alicyclic amines) is 1. The summed E-state index contributed by atoms with van der Waals surface area (Å²) in [6.07, 6.45) is 2.63. The summed E-state index contributed by atoms with van der Waals surface area (Å²) >= 11 is 0. The predicted octanol–water partition coefficient (Wildman–Crippen LogP) is 1.75. The van der Waals surface area contributed by atoms with Crippen LogP contribution in [0.1, 0.15) is 24.8 Å². The number of ether oxygens (including phenoxy) is 3. The minimum absolute atomic E-state index is 0.158. The number of morpholine rings is 1. The molecule has 0 aliphatic carbocycles. The Kier molecular flexibility index (Phi) is 7.55. The average molecular weight is 364 g/mol. The Morgan fingerprint density at radius 3 is 2.77 bits per heavy atom. The molecule has 2 fully saturated rings. The van der Waals surface area contributed by atoms with Gasteiger partial charge in [-0.2, -0.15) is 0 Å². The van der Waals surface area contributed by atoms with Crippen LogP contribution in [0.25, 0.3) is 0 Å². The normalized spacial score (nSPS) is 22.8. The third-order valence-corrected chi connectivity index (χ3v) is 5.22. The fourth-order valence-electron chi connectivity index (χ4n) is 3.65. The maximum atomic E-state index is 9.86. The first-order valence-corrected chi connectivity index (χ1v) is 9.75. The highest BCUT2D eigenvalue weighted by Crippen LogP contribution is 2.32. The van der Waals surface area contributed by atoms with Gasteiger partial charge in [-0.25, -0.2) is 0 Å². The van der Waals surface area contributed by atoms with Crippen molar-refractivity contribution < 1.29 is 19.3 Å². The molecule has 2 aliphatic heterocycles. The van der Waals surface area contributed by atoms with Crippen LogP contribution in [0.15, 0.2) is 18.2 Å². The summed E-state index contributed by atoms with van der Waals surface area (Å²) in [7, 11) is 1.69. The van der Waals surface area contributed by atoms with Crippen molar-refractivity contribution in [2.75, 3.05) is 59.7 Å². The largest absolute Gasteiger partial charge is 0.493 e. The maximum absolute atomic E-state index is 9.86. The van der Waals surface area contributed by atoms with Crippen molar-refractivity contribution in [3.05, 3.63) is 23.8 Å². The van der Waals surface area contributed by atoms with Crippen LogP contribution in [0.2, 0.25) is 0 Å². The number of benzene rings is 1. The van der Waals surface area contributed by atoms with E-state index < -0.39 is 0 Å². The molecule has 3 rings (SSSR count). The van der Waals surface area contributed by atoms with Gasteiger partial charge in [-0.1, -0.05) is 12.1 Å². The van der Waals surface area contributed by atoms with Gasteiger partial charge < -0.3 is 19.3 Å². The Morgan fingerprint density at radius 2 is 1.96 bits per heavy atom. The first-order valence-electron chi connectivity index (χ1n) is 9.75. The van der Waals surface area contributed by atoms with E-state index in [1.165, 1.54) is 0 Å². The lowest BCUT2D eigenvalue weighted by atomic mass is 10.1. The predicted molar refractivity (Wildman–Crippen MR) is 101 cm³/mol. The molecule has 0 radical (unpaired) electrons. The Morgan fingerprint density at radius 1 is 1.12 bits per heavy atom. The lowest BCUT2D eigenvalue weighted by Gasteiger charge is -2.27. The Balaban J connectivity index is 1.61. The van der Waals surface area contributed by atoms with Crippen molar-refractivity contribution in [1.82, 2.24) is 9.80 Å². The molecule has 1 aromatic carbocycles. The van der Waals surface area contributed by atoms with E-state index in [9.17, 15) is 5.11 Å². The molecule has 1 aromatic rings. The van der Waals surface area contributed by atoms with Crippen LogP contribution in [-0.2, 0) is 11.3 Å². The van der Waals surface area contributed by atoms with E-state index in [1.54, 1.807) is 7.11 Å². The van der Waals surface area contributed by atoms with E-state index in [0.717, 1.165) is 88.8 Å². The first kappa shape index (κ1) is 19.4. The third-order valence-electron chi connectivity index (χ3n) is 5.22. The SMILES string of the molecule is COc1cccc(CN2CCCC(O)CC2)c1OCCN1CCOCC1. The topological polar surface area (TPSA) is 54.4 Å². The number of hydrogen-bond donors (Lipinski definition) is 1. The van der Waals surface area contributed by atoms with Gasteiger partial charge in [0, 0.05) is 38.3 Å². The zero-order valence-corrected chi connectivity index (χ0v) is 15.9. The molecular formula is C20H32N2O4. The Hall–Kier alpha value is -1.34. The van der Waals surface area contributed by atoms with Gasteiger partial charge in [-0.3, -0.25) is 9.80 Å². The van der Waals surface area contributed by atoms with E-state index in [0.29, 0.717) is 6.61 Å². The number of para-hydroxylation sites is 1. The number of rotatable bonds is 7. The van der Waals surface area contributed by atoms with Crippen LogP contribution in [0.4, 0.5) is 0 Å². The van der Waals surface area contributed by atoms with Gasteiger partial charge in [0.15, 0.2) is 11.5 Å². The summed E-state index contributed by atoms with van der Waals surface area (Å²) in [5.41, 5.74) is 1.16. The highest BCUT2D eigenvalue weighted by molar-refractivity contribution is 5.46. The van der Waals surface area contributed by atoms with Crippen molar-refractivity contribution in [1.29, 1.82) is 0 Å². The molecule has 0 amide bonds. The summed E-state index contributed by atoms with van der Waals surface area (Å²) < 4.78 is 17.1. The molecule has 1 atom stereocenters. The fraction of sp³-hybridized carbons (Fsp3) is 0.700. The molecular weight excluding hydrogens is 332 g/mol. The molecule has 1 N–H and O–H groups in total. The minimum atomic E-state index is -0.158. The molecule has 6 nitrogen and oxygen atoms in total. The quantitative estimate of drug-likeness (QED) is 0.796. The van der Waals surface area contributed by atoms with Gasteiger partial charge in [0.2, 0.25) is 0 Å². The van der Waals surface area contributed by atoms with E-state index in [4.69, 9.17) is 14.2 Å². The van der Waals surface area contributed by atoms with Crippen molar-refractivity contribution >= 4 is 0 Å². The van der Waals surface area contributed by atoms with Crippen LogP contribution in [0.5, 0.6) is 11.5 Å². The lowest BCUT2D eigenvalue weighted by molar-refractivity contribution is 0.0320. The highest BCUT2D eigenvalue weighted by atomic mass is 16.5. The number of nitrogens with zero attached hydrogens (tertiary/aromatic N) is 2. The van der Waals surface area contributed by atoms with Crippen molar-refractivity contribution in [3.63, 3.8) is 0 Å². The van der Waals surface area contributed by atoms with Gasteiger partial charge >= 0.3 is 0 Å². The molecule has 0 saturated carbocycles. The summed E-state index contributed by atoms with van der Waals surface area (Å²) in [6.45, 7) is 7.87. The van der Waals surface area contributed by atoms with E-state index >= 15 is 0 Å². The highest BCUT2D eigenvalue weighted by Gasteiger charge is 2.18. The maximum Gasteiger partial charge on any atom is 0.165 e. The van der Waals surface area contributed by atoms with Crippen molar-refractivity contribution in [2.24, 2.45) is 0 Å². The third kappa shape index (κ3) is 5.58. The van der Waals surface area contributed by atoms with Gasteiger partial charge in [0.25, 0.3) is 0 Å². The van der Waals surface area contributed by atoms with Crippen LogP contribution in [-0.4, -0.2) is 80.7 Å². The second-order valence-corrected chi connectivity index (χ2v) is 7.11. The number of methoxy groups -OCH3 is 1. The Labute approximate surface area is 156 Å². The summed E-state index contributed by atoms with van der Waals surface area (Å²) in [5, 5.41) is 9.86. The molecule has 26 heavy (non-hydrogen) atoms. The molecule has 2 aliphatic rings. The van der Waals surface area contributed by atoms with Crippen LogP contribution >= 0.6 is 0 Å². The zero-order chi connectivity index (χ0) is 18.2. The Bertz CT molecular complexity index is 549. The molecule has 146 valence electrons. The van der Waals surface area contributed by atoms with Crippen LogP contribution < -0.4 is 9.47 Å². The molecule has 1 unspecified atom stereocenters. The van der Waals surface area contributed by atoms with E-state index in [1.807, 2.05) is 12.1 Å². The average Bonchev–Trinajstić information content (AvgIpc) is 2.88. The lowest BCUT2D eigenvalue weighted by Crippen LogP contribution is -2.38. The van der Waals surface area contributed by atoms with Gasteiger partial charge in [-0.15, -0.1) is 0 Å². The smallest absolute Gasteiger partial charge is 0.165 e. The van der Waals surface area contributed by atoms with Gasteiger partial charge in [0.05, 0.1) is 26.4 Å². The molecule has 2 saturated heterocycles. The standard InChI is InChI=1S/C20H32N2O4/c1-24-19-6-2-4-17(16-22-8-3-5-18(23)7-9-22)20(19)26-15-12-21-10-13-25-14-11-21/h2,4,6,18,23H,3,5,7-16H2,1H3. The van der Waals surface area contributed by atoms with Crippen LogP contribution in [0, 0.1) is 0 Å². The minimum Gasteiger partial charge on any atom is -0.493 e. The van der Waals surface area contributed by atoms with Crippen molar-refractivity contribution in [2.45, 2.75) is 31.9 Å². The monoisotopic (exact) mass is 364 g/mol. The zero-order valence-electron chi connectivity index (χ0n) is 15.9. The molecule has 2 heterocycles. The van der Waals surface area contributed by atoms with Gasteiger partial charge in [-0.05, 0) is 31.9 Å². The summed E-state index contributed by atoms with van der Waals surface area (Å²) in [6, 6.07) is 6.10. The molecule has 0 spiro atoms. The number of aliphatic hydroxyl groups excluding tert-OH is 1. The number of aliphatic hydroxyl groups is 1.